The molecule has 1 aliphatic carbocycles. The van der Waals surface area contributed by atoms with Crippen LogP contribution in [0.15, 0.2) is 24.3 Å². The van der Waals surface area contributed by atoms with E-state index in [2.05, 4.69) is 25.5 Å². The molecule has 1 saturated carbocycles. The number of carbonyl (C=O) groups excluding carboxylic acids is 2. The Bertz CT molecular complexity index is 771. The predicted molar refractivity (Wildman–Crippen MR) is 91.8 cm³/mol. The van der Waals surface area contributed by atoms with E-state index in [0.29, 0.717) is 6.04 Å². The van der Waals surface area contributed by atoms with Crippen molar-refractivity contribution in [2.75, 3.05) is 13.2 Å². The highest BCUT2D eigenvalue weighted by atomic mass is 19.1. The second-order valence-corrected chi connectivity index (χ2v) is 6.15. The Labute approximate surface area is 145 Å². The molecule has 1 aliphatic rings. The molecular weight excluding hydrogens is 325 g/mol. The second-order valence-electron chi connectivity index (χ2n) is 6.15. The van der Waals surface area contributed by atoms with Crippen molar-refractivity contribution in [1.29, 1.82) is 0 Å². The molecule has 3 N–H and O–H groups in total. The number of rotatable bonds is 7. The monoisotopic (exact) mass is 347 g/mol. The number of alkyl halides is 1. The number of benzene rings is 1. The summed E-state index contributed by atoms with van der Waals surface area (Å²) in [5.74, 6) is 0.381. The minimum absolute atomic E-state index is 0.0577. The highest BCUT2D eigenvalue weighted by Gasteiger charge is 2.28. The molecule has 2 aromatic rings. The SMILES string of the molecule is C[C@H](NC(=O)NCc1nc2ccccc2n1C1CC1)C(=O)NCCF. The standard InChI is InChI=1S/C17H22FN5O2/c1-11(16(24)19-9-8-18)21-17(25)20-10-15-22-13-4-2-3-5-14(13)23(15)12-6-7-12/h2-5,11-12H,6-10H2,1H3,(H,19,24)(H2,20,21,25)/t11-/m0/s1. The van der Waals surface area contributed by atoms with Gasteiger partial charge in [0.25, 0.3) is 0 Å². The van der Waals surface area contributed by atoms with Gasteiger partial charge >= 0.3 is 6.03 Å². The Morgan fingerprint density at radius 2 is 2.08 bits per heavy atom. The fraction of sp³-hybridized carbons (Fsp3) is 0.471. The molecule has 8 heteroatoms. The van der Waals surface area contributed by atoms with Crippen LogP contribution in [-0.2, 0) is 11.3 Å². The Morgan fingerprint density at radius 3 is 2.80 bits per heavy atom. The van der Waals surface area contributed by atoms with Crippen LogP contribution in [0.25, 0.3) is 11.0 Å². The van der Waals surface area contributed by atoms with Gasteiger partial charge in [0.1, 0.15) is 18.5 Å². The molecule has 3 rings (SSSR count). The van der Waals surface area contributed by atoms with Gasteiger partial charge in [0.05, 0.1) is 17.6 Å². The zero-order valence-electron chi connectivity index (χ0n) is 14.1. The van der Waals surface area contributed by atoms with Gasteiger partial charge in [0, 0.05) is 12.6 Å². The normalized spacial score (nSPS) is 15.0. The van der Waals surface area contributed by atoms with E-state index in [1.54, 1.807) is 6.92 Å². The molecule has 7 nitrogen and oxygen atoms in total. The molecule has 134 valence electrons. The van der Waals surface area contributed by atoms with E-state index in [1.165, 1.54) is 0 Å². The Kier molecular flexibility index (Phi) is 5.16. The summed E-state index contributed by atoms with van der Waals surface area (Å²) in [5.41, 5.74) is 1.98. The number of carbonyl (C=O) groups is 2. The van der Waals surface area contributed by atoms with Crippen LogP contribution in [0.3, 0.4) is 0 Å². The zero-order valence-corrected chi connectivity index (χ0v) is 14.1. The van der Waals surface area contributed by atoms with E-state index in [-0.39, 0.29) is 13.1 Å². The van der Waals surface area contributed by atoms with Gasteiger partial charge < -0.3 is 20.5 Å². The Hall–Kier alpha value is -2.64. The first-order chi connectivity index (χ1) is 12.1. The van der Waals surface area contributed by atoms with Crippen molar-refractivity contribution in [2.24, 2.45) is 0 Å². The third kappa shape index (κ3) is 4.07. The Balaban J connectivity index is 1.60. The van der Waals surface area contributed by atoms with E-state index in [1.807, 2.05) is 24.3 Å². The quantitative estimate of drug-likeness (QED) is 0.711. The molecule has 0 saturated heterocycles. The van der Waals surface area contributed by atoms with E-state index in [4.69, 9.17) is 0 Å². The first-order valence-electron chi connectivity index (χ1n) is 8.44. The number of fused-ring (bicyclic) bond motifs is 1. The number of nitrogens with zero attached hydrogens (tertiary/aromatic N) is 2. The maximum atomic E-state index is 12.1. The summed E-state index contributed by atoms with van der Waals surface area (Å²) in [6.45, 7) is 1.13. The van der Waals surface area contributed by atoms with Crippen LogP contribution in [0.1, 0.15) is 31.6 Å². The fourth-order valence-corrected chi connectivity index (χ4v) is 2.76. The molecule has 1 aromatic carbocycles. The number of nitrogens with one attached hydrogen (secondary N) is 3. The number of urea groups is 1. The molecule has 25 heavy (non-hydrogen) atoms. The van der Waals surface area contributed by atoms with Crippen molar-refractivity contribution in [1.82, 2.24) is 25.5 Å². The van der Waals surface area contributed by atoms with Crippen LogP contribution in [-0.4, -0.2) is 40.8 Å². The minimum atomic E-state index is -0.742. The van der Waals surface area contributed by atoms with Crippen molar-refractivity contribution in [2.45, 2.75) is 38.4 Å². The van der Waals surface area contributed by atoms with Crippen molar-refractivity contribution in [3.05, 3.63) is 30.1 Å². The first-order valence-corrected chi connectivity index (χ1v) is 8.44. The van der Waals surface area contributed by atoms with Crippen LogP contribution in [0.2, 0.25) is 0 Å². The van der Waals surface area contributed by atoms with Gasteiger partial charge in [0.2, 0.25) is 5.91 Å². The van der Waals surface area contributed by atoms with Gasteiger partial charge in [-0.2, -0.15) is 0 Å². The van der Waals surface area contributed by atoms with Crippen molar-refractivity contribution in [3.8, 4) is 0 Å². The van der Waals surface area contributed by atoms with Crippen molar-refractivity contribution < 1.29 is 14.0 Å². The van der Waals surface area contributed by atoms with Crippen LogP contribution in [0, 0.1) is 0 Å². The minimum Gasteiger partial charge on any atom is -0.352 e. The molecule has 0 aliphatic heterocycles. The molecule has 1 heterocycles. The topological polar surface area (TPSA) is 88.1 Å². The summed E-state index contributed by atoms with van der Waals surface area (Å²) in [6, 6.07) is 7.14. The lowest BCUT2D eigenvalue weighted by Gasteiger charge is -2.14. The van der Waals surface area contributed by atoms with Crippen LogP contribution in [0.4, 0.5) is 9.18 Å². The molecule has 1 aromatic heterocycles. The number of imidazole rings is 1. The van der Waals surface area contributed by atoms with E-state index >= 15 is 0 Å². The number of aromatic nitrogens is 2. The van der Waals surface area contributed by atoms with Gasteiger partial charge in [-0.15, -0.1) is 0 Å². The molecule has 3 amide bonds. The van der Waals surface area contributed by atoms with E-state index in [0.717, 1.165) is 29.7 Å². The van der Waals surface area contributed by atoms with Gasteiger partial charge in [-0.25, -0.2) is 14.2 Å². The largest absolute Gasteiger partial charge is 0.352 e. The number of hydrogen-bond acceptors (Lipinski definition) is 3. The molecule has 0 radical (unpaired) electrons. The summed E-state index contributed by atoms with van der Waals surface area (Å²) < 4.78 is 14.2. The maximum absolute atomic E-state index is 12.1. The number of amides is 3. The highest BCUT2D eigenvalue weighted by Crippen LogP contribution is 2.38. The summed E-state index contributed by atoms with van der Waals surface area (Å²) in [7, 11) is 0. The third-order valence-corrected chi connectivity index (χ3v) is 4.12. The average molecular weight is 347 g/mol. The summed E-state index contributed by atoms with van der Waals surface area (Å²) in [4.78, 5) is 28.2. The van der Waals surface area contributed by atoms with Crippen LogP contribution >= 0.6 is 0 Å². The maximum Gasteiger partial charge on any atom is 0.315 e. The number of para-hydroxylation sites is 2. The molecule has 1 atom stereocenters. The molecule has 1 fully saturated rings. The first kappa shape index (κ1) is 17.2. The highest BCUT2D eigenvalue weighted by molar-refractivity contribution is 5.86. The number of hydrogen-bond donors (Lipinski definition) is 3. The lowest BCUT2D eigenvalue weighted by molar-refractivity contribution is -0.122. The molecule has 0 unspecified atom stereocenters. The summed E-state index contributed by atoms with van der Waals surface area (Å²) in [5, 5.41) is 7.66. The average Bonchev–Trinajstić information content (AvgIpc) is 3.37. The van der Waals surface area contributed by atoms with Gasteiger partial charge in [-0.1, -0.05) is 12.1 Å². The van der Waals surface area contributed by atoms with Crippen molar-refractivity contribution >= 4 is 23.0 Å². The van der Waals surface area contributed by atoms with Gasteiger partial charge in [0.15, 0.2) is 0 Å². The van der Waals surface area contributed by atoms with Gasteiger partial charge in [-0.3, -0.25) is 4.79 Å². The molecular formula is C17H22FN5O2. The van der Waals surface area contributed by atoms with E-state index in [9.17, 15) is 14.0 Å². The fourth-order valence-electron chi connectivity index (χ4n) is 2.76. The molecule has 0 bridgehead atoms. The van der Waals surface area contributed by atoms with Crippen molar-refractivity contribution in [3.63, 3.8) is 0 Å². The predicted octanol–water partition coefficient (Wildman–Crippen LogP) is 1.64. The third-order valence-electron chi connectivity index (χ3n) is 4.12. The van der Waals surface area contributed by atoms with Crippen LogP contribution in [0.5, 0.6) is 0 Å². The van der Waals surface area contributed by atoms with E-state index < -0.39 is 24.7 Å². The lowest BCUT2D eigenvalue weighted by atomic mass is 10.3. The number of halogens is 1. The lowest BCUT2D eigenvalue weighted by Crippen LogP contribution is -2.48. The smallest absolute Gasteiger partial charge is 0.315 e. The van der Waals surface area contributed by atoms with Gasteiger partial charge in [-0.05, 0) is 31.9 Å². The summed E-state index contributed by atoms with van der Waals surface area (Å²) >= 11 is 0. The summed E-state index contributed by atoms with van der Waals surface area (Å²) in [6.07, 6.45) is 2.23. The molecule has 0 spiro atoms. The zero-order chi connectivity index (χ0) is 17.8. The second kappa shape index (κ2) is 7.50. The Morgan fingerprint density at radius 1 is 1.32 bits per heavy atom. The van der Waals surface area contributed by atoms with Crippen LogP contribution < -0.4 is 16.0 Å².